The maximum atomic E-state index is 14.0. The van der Waals surface area contributed by atoms with E-state index < -0.39 is 167 Å². The number of hydrogen-bond acceptors (Lipinski definition) is 16. The summed E-state index contributed by atoms with van der Waals surface area (Å²) in [4.78, 5) is -23.1. The molecule has 0 bridgehead atoms. The first-order valence-corrected chi connectivity index (χ1v) is 29.9. The molecule has 0 amide bonds. The van der Waals surface area contributed by atoms with E-state index in [1.807, 2.05) is 0 Å². The highest BCUT2D eigenvalue weighted by molar-refractivity contribution is 7.92. The summed E-state index contributed by atoms with van der Waals surface area (Å²) in [6.07, 6.45) is -0.645. The molecule has 0 saturated heterocycles. The zero-order valence-corrected chi connectivity index (χ0v) is 39.1. The Morgan fingerprint density at radius 3 is 1.02 bits per heavy atom. The van der Waals surface area contributed by atoms with Gasteiger partial charge >= 0.3 is 0 Å². The maximum Gasteiger partial charge on any atom is 0.297 e. The van der Waals surface area contributed by atoms with Gasteiger partial charge in [-0.25, -0.2) is 0 Å². The maximum absolute atomic E-state index is 14.0. The fourth-order valence-corrected chi connectivity index (χ4v) is 19.2. The van der Waals surface area contributed by atoms with Gasteiger partial charge in [-0.15, -0.1) is 0 Å². The van der Waals surface area contributed by atoms with Gasteiger partial charge in [-0.2, -0.15) is 67.3 Å². The quantitative estimate of drug-likeness (QED) is 0.0607. The Hall–Kier alpha value is -4.45. The number of benzene rings is 6. The van der Waals surface area contributed by atoms with E-state index in [4.69, 9.17) is 0 Å². The van der Waals surface area contributed by atoms with Crippen molar-refractivity contribution in [2.24, 2.45) is 0 Å². The molecule has 0 heterocycles. The van der Waals surface area contributed by atoms with Crippen LogP contribution in [0.25, 0.3) is 32.7 Å². The van der Waals surface area contributed by atoms with Crippen LogP contribution in [0.15, 0.2) is 130 Å². The van der Waals surface area contributed by atoms with Crippen LogP contribution >= 0.6 is 7.92 Å². The lowest BCUT2D eigenvalue weighted by Crippen LogP contribution is -2.24. The fraction of sp³-hybridized carbons (Fsp3) is 0.0303. The Balaban J connectivity index is 2.23. The summed E-state index contributed by atoms with van der Waals surface area (Å²) in [5.74, 6) is 0. The Morgan fingerprint density at radius 2 is 0.652 bits per heavy atom. The molecule has 0 saturated carbocycles. The van der Waals surface area contributed by atoms with Gasteiger partial charge in [0.2, 0.25) is 0 Å². The fourth-order valence-electron chi connectivity index (χ4n) is 7.25. The minimum Gasteiger partial charge on any atom is -0.282 e. The highest BCUT2D eigenvalue weighted by Crippen LogP contribution is 2.55. The number of fused-ring (bicyclic) bond motifs is 2. The second-order valence-corrected chi connectivity index (χ2v) is 26.5. The molecule has 354 valence electrons. The Kier molecular flexibility index (Phi) is 12.9. The summed E-state index contributed by atoms with van der Waals surface area (Å²) in [7, 11) is -57.4. The van der Waals surface area contributed by atoms with Crippen molar-refractivity contribution in [3.05, 3.63) is 96.6 Å². The Bertz CT molecular complexity index is 3950. The van der Waals surface area contributed by atoms with Gasteiger partial charge in [-0.05, 0) is 40.9 Å². The third kappa shape index (κ3) is 9.51. The monoisotopic (exact) mass is 1090 g/mol. The minimum absolute atomic E-state index is 0.388. The van der Waals surface area contributed by atoms with Gasteiger partial charge in [0.15, 0.2) is 0 Å². The molecule has 66 heavy (non-hydrogen) atoms. The molecule has 6 aromatic rings. The zero-order valence-electron chi connectivity index (χ0n) is 31.7. The highest BCUT2D eigenvalue weighted by atomic mass is 32.3. The first-order chi connectivity index (χ1) is 29.9. The van der Waals surface area contributed by atoms with Gasteiger partial charge < -0.3 is 0 Å². The smallest absolute Gasteiger partial charge is 0.282 e. The van der Waals surface area contributed by atoms with Crippen LogP contribution in [0.1, 0.15) is 5.56 Å². The van der Waals surface area contributed by atoms with Crippen molar-refractivity contribution in [3.8, 4) is 11.1 Å². The van der Waals surface area contributed by atoms with Crippen LogP contribution in [0, 0.1) is 0 Å². The van der Waals surface area contributed by atoms with Crippen molar-refractivity contribution in [2.45, 2.75) is 45.3 Å². The second kappa shape index (κ2) is 16.7. The standard InChI is InChI=1S/C33H25O24PS8/c34-59(35,36)26-18(16-58(19-10-3-1-4-11-19)20-12-5-2-6-13-20)15-17-9-7-8-14-21(17)22(26)23-24-25(29(62(43,44)45)31(64(49,50)51)27(23)60(37,38)39)30(63(46,47)48)33(66(55,56)57)32(65(52,53)54)28(24)61(40,41)42/h1-15H,16H2,(H,34,35,36)(H,37,38,39)(H,40,41,42)(H,43,44,45)(H,46,47,48)(H,49,50,51)(H,52,53,54)(H,55,56,57). The summed E-state index contributed by atoms with van der Waals surface area (Å²) in [5, 5.41) is -5.89. The van der Waals surface area contributed by atoms with E-state index in [2.05, 4.69) is 0 Å². The van der Waals surface area contributed by atoms with E-state index in [0.29, 0.717) is 10.6 Å². The van der Waals surface area contributed by atoms with Gasteiger partial charge in [0.1, 0.15) is 39.2 Å². The van der Waals surface area contributed by atoms with E-state index in [-0.39, 0.29) is 5.39 Å². The summed E-state index contributed by atoms with van der Waals surface area (Å²) in [6.45, 7) is 0. The van der Waals surface area contributed by atoms with Crippen LogP contribution in [0.2, 0.25) is 0 Å². The van der Waals surface area contributed by atoms with Crippen molar-refractivity contribution >= 4 is 121 Å². The average Bonchev–Trinajstić information content (AvgIpc) is 3.15. The van der Waals surface area contributed by atoms with E-state index in [0.717, 1.165) is 24.3 Å². The molecule has 6 rings (SSSR count). The minimum atomic E-state index is -7.07. The van der Waals surface area contributed by atoms with Crippen molar-refractivity contribution in [2.75, 3.05) is 0 Å². The highest BCUT2D eigenvalue weighted by Gasteiger charge is 2.49. The third-order valence-electron chi connectivity index (χ3n) is 9.30. The molecule has 0 aliphatic heterocycles. The molecule has 8 N–H and O–H groups in total. The van der Waals surface area contributed by atoms with Gasteiger partial charge in [0.25, 0.3) is 80.9 Å². The van der Waals surface area contributed by atoms with Crippen molar-refractivity contribution in [1.82, 2.24) is 0 Å². The van der Waals surface area contributed by atoms with Crippen molar-refractivity contribution in [1.29, 1.82) is 0 Å². The zero-order chi connectivity index (χ0) is 49.7. The summed E-state index contributed by atoms with van der Waals surface area (Å²) in [5.41, 5.74) is -4.82. The van der Waals surface area contributed by atoms with Gasteiger partial charge in [0, 0.05) is 28.1 Å². The van der Waals surface area contributed by atoms with Crippen molar-refractivity contribution < 1.29 is 104 Å². The summed E-state index contributed by atoms with van der Waals surface area (Å²) in [6, 6.07) is 20.4. The lowest BCUT2D eigenvalue weighted by Gasteiger charge is -2.26. The number of hydrogen-bond donors (Lipinski definition) is 8. The molecule has 0 radical (unpaired) electrons. The van der Waals surface area contributed by atoms with Crippen LogP contribution in [0.4, 0.5) is 0 Å². The molecular formula is C33H25O24PS8. The molecule has 0 atom stereocenters. The van der Waals surface area contributed by atoms with Crippen molar-refractivity contribution in [3.63, 3.8) is 0 Å². The van der Waals surface area contributed by atoms with Crippen LogP contribution in [-0.2, 0) is 87.1 Å². The lowest BCUT2D eigenvalue weighted by atomic mass is 9.91. The second-order valence-electron chi connectivity index (χ2n) is 13.4. The van der Waals surface area contributed by atoms with Crippen LogP contribution in [-0.4, -0.2) is 104 Å². The van der Waals surface area contributed by atoms with Gasteiger partial charge in [0.05, 0.1) is 0 Å². The average molecular weight is 1090 g/mol. The first-order valence-electron chi connectivity index (χ1n) is 16.9. The number of rotatable bonds is 13. The summed E-state index contributed by atoms with van der Waals surface area (Å²) < 4.78 is 300. The van der Waals surface area contributed by atoms with Crippen LogP contribution in [0.5, 0.6) is 0 Å². The Morgan fingerprint density at radius 1 is 0.333 bits per heavy atom. The van der Waals surface area contributed by atoms with Gasteiger partial charge in [-0.3, -0.25) is 36.4 Å². The van der Waals surface area contributed by atoms with E-state index in [1.54, 1.807) is 60.7 Å². The van der Waals surface area contributed by atoms with Crippen LogP contribution in [0.3, 0.4) is 0 Å². The summed E-state index contributed by atoms with van der Waals surface area (Å²) >= 11 is 0. The molecular weight excluding hydrogens is 1070 g/mol. The lowest BCUT2D eigenvalue weighted by molar-refractivity contribution is 0.447. The largest absolute Gasteiger partial charge is 0.297 e. The third-order valence-corrected chi connectivity index (χ3v) is 19.9. The molecule has 0 aliphatic rings. The van der Waals surface area contributed by atoms with E-state index in [9.17, 15) is 104 Å². The molecule has 0 aromatic heterocycles. The first kappa shape index (κ1) is 51.0. The molecule has 0 aliphatic carbocycles. The van der Waals surface area contributed by atoms with Crippen LogP contribution < -0.4 is 10.6 Å². The Labute approximate surface area is 375 Å². The normalized spacial score (nSPS) is 13.7. The molecule has 0 spiro atoms. The topological polar surface area (TPSA) is 435 Å². The van der Waals surface area contributed by atoms with E-state index >= 15 is 0 Å². The van der Waals surface area contributed by atoms with E-state index in [1.165, 1.54) is 6.07 Å². The SMILES string of the molecule is O=S(=O)(O)c1c(CP(c2ccccc2)c2ccccc2)cc2ccccc2c1-c1c(S(=O)(=O)O)c(S(=O)(=O)O)c(S(=O)(=O)O)c2c(S(=O)(=O)O)c(S(=O)(=O)O)c(S(=O)(=O)O)c(S(=O)(=O)O)c12. The molecule has 6 aromatic carbocycles. The predicted molar refractivity (Wildman–Crippen MR) is 228 cm³/mol. The molecule has 24 nitrogen and oxygen atoms in total. The molecule has 33 heteroatoms. The van der Waals surface area contributed by atoms with Gasteiger partial charge in [-0.1, -0.05) is 84.9 Å². The predicted octanol–water partition coefficient (Wildman–Crippen LogP) is 2.27. The molecule has 0 fully saturated rings. The molecule has 0 unspecified atom stereocenters.